The third-order valence-electron chi connectivity index (χ3n) is 4.92. The quantitative estimate of drug-likeness (QED) is 0.679. The van der Waals surface area contributed by atoms with E-state index in [4.69, 9.17) is 4.74 Å². The maximum Gasteiger partial charge on any atom is 0.244 e. The number of fused-ring (bicyclic) bond motifs is 1. The molecule has 0 N–H and O–H groups in total. The van der Waals surface area contributed by atoms with E-state index in [0.29, 0.717) is 31.7 Å². The number of aromatic nitrogens is 1. The molecule has 1 saturated heterocycles. The molecule has 2 heterocycles. The second-order valence-electron chi connectivity index (χ2n) is 6.66. The van der Waals surface area contributed by atoms with Gasteiger partial charge in [-0.25, -0.2) is 8.42 Å². The van der Waals surface area contributed by atoms with E-state index in [2.05, 4.69) is 4.98 Å². The van der Waals surface area contributed by atoms with Crippen molar-refractivity contribution in [3.8, 4) is 11.8 Å². The standard InChI is InChI=1S/C21H19N3O3S/c22-15-17-5-1-2-9-20(17)28(25,26)24-13-10-18(11-14-24)27-19-8-3-6-16-7-4-12-23-21(16)19/h1-9,12,18H,10-11,13-14H2. The van der Waals surface area contributed by atoms with Crippen molar-refractivity contribution in [2.45, 2.75) is 23.8 Å². The Morgan fingerprint density at radius 1 is 1.04 bits per heavy atom. The van der Waals surface area contributed by atoms with Crippen LogP contribution in [-0.2, 0) is 10.0 Å². The van der Waals surface area contributed by atoms with Gasteiger partial charge in [-0.3, -0.25) is 4.98 Å². The van der Waals surface area contributed by atoms with Gasteiger partial charge < -0.3 is 4.74 Å². The molecule has 0 aliphatic carbocycles. The van der Waals surface area contributed by atoms with Crippen molar-refractivity contribution in [1.82, 2.24) is 9.29 Å². The van der Waals surface area contributed by atoms with Crippen molar-refractivity contribution >= 4 is 20.9 Å². The van der Waals surface area contributed by atoms with E-state index in [1.807, 2.05) is 36.4 Å². The average molecular weight is 393 g/mol. The van der Waals surface area contributed by atoms with E-state index in [1.54, 1.807) is 18.3 Å². The lowest BCUT2D eigenvalue weighted by atomic mass is 10.1. The highest BCUT2D eigenvalue weighted by molar-refractivity contribution is 7.89. The number of sulfonamides is 1. The molecule has 1 aliphatic heterocycles. The zero-order chi connectivity index (χ0) is 19.6. The number of piperidine rings is 1. The smallest absolute Gasteiger partial charge is 0.244 e. The van der Waals surface area contributed by atoms with Gasteiger partial charge in [0.25, 0.3) is 0 Å². The van der Waals surface area contributed by atoms with Crippen molar-refractivity contribution in [2.75, 3.05) is 13.1 Å². The molecule has 7 heteroatoms. The number of rotatable bonds is 4. The van der Waals surface area contributed by atoms with Crippen LogP contribution in [0.15, 0.2) is 65.7 Å². The highest BCUT2D eigenvalue weighted by atomic mass is 32.2. The lowest BCUT2D eigenvalue weighted by molar-refractivity contribution is 0.136. The fraction of sp³-hybridized carbons (Fsp3) is 0.238. The molecule has 0 amide bonds. The molecule has 0 atom stereocenters. The van der Waals surface area contributed by atoms with Crippen LogP contribution in [0.5, 0.6) is 5.75 Å². The summed E-state index contributed by atoms with van der Waals surface area (Å²) in [4.78, 5) is 4.46. The summed E-state index contributed by atoms with van der Waals surface area (Å²) in [5, 5.41) is 10.2. The third-order valence-corrected chi connectivity index (χ3v) is 6.87. The molecule has 0 spiro atoms. The summed E-state index contributed by atoms with van der Waals surface area (Å²) >= 11 is 0. The summed E-state index contributed by atoms with van der Waals surface area (Å²) in [6, 6.07) is 17.9. The SMILES string of the molecule is N#Cc1ccccc1S(=O)(=O)N1CCC(Oc2cccc3cccnc23)CC1. The summed E-state index contributed by atoms with van der Waals surface area (Å²) in [6.45, 7) is 0.704. The molecule has 0 bridgehead atoms. The number of hydrogen-bond donors (Lipinski definition) is 0. The maximum atomic E-state index is 12.9. The predicted molar refractivity (Wildman–Crippen MR) is 105 cm³/mol. The summed E-state index contributed by atoms with van der Waals surface area (Å²) in [5.41, 5.74) is 0.978. The van der Waals surface area contributed by atoms with Crippen LogP contribution in [0.2, 0.25) is 0 Å². The van der Waals surface area contributed by atoms with Gasteiger partial charge in [-0.05, 0) is 37.1 Å². The van der Waals surface area contributed by atoms with Crippen LogP contribution in [-0.4, -0.2) is 36.9 Å². The zero-order valence-electron chi connectivity index (χ0n) is 15.2. The van der Waals surface area contributed by atoms with Gasteiger partial charge in [-0.2, -0.15) is 9.57 Å². The van der Waals surface area contributed by atoms with Gasteiger partial charge in [0.2, 0.25) is 10.0 Å². The molecule has 0 saturated carbocycles. The van der Waals surface area contributed by atoms with Crippen LogP contribution >= 0.6 is 0 Å². The Kier molecular flexibility index (Phi) is 4.99. The normalized spacial score (nSPS) is 16.0. The Labute approximate surface area is 164 Å². The van der Waals surface area contributed by atoms with E-state index in [-0.39, 0.29) is 16.6 Å². The Morgan fingerprint density at radius 3 is 2.57 bits per heavy atom. The Hall–Kier alpha value is -2.95. The van der Waals surface area contributed by atoms with Gasteiger partial charge in [0, 0.05) is 24.7 Å². The van der Waals surface area contributed by atoms with E-state index in [9.17, 15) is 13.7 Å². The Morgan fingerprint density at radius 2 is 1.79 bits per heavy atom. The van der Waals surface area contributed by atoms with Gasteiger partial charge in [0.1, 0.15) is 23.4 Å². The lowest BCUT2D eigenvalue weighted by Gasteiger charge is -2.31. The van der Waals surface area contributed by atoms with Crippen LogP contribution in [0.3, 0.4) is 0 Å². The number of hydrogen-bond acceptors (Lipinski definition) is 5. The highest BCUT2D eigenvalue weighted by Crippen LogP contribution is 2.28. The minimum atomic E-state index is -3.69. The van der Waals surface area contributed by atoms with Crippen molar-refractivity contribution in [2.24, 2.45) is 0 Å². The molecular weight excluding hydrogens is 374 g/mol. The number of pyridine rings is 1. The van der Waals surface area contributed by atoms with Crippen LogP contribution in [0.4, 0.5) is 0 Å². The Balaban J connectivity index is 1.48. The molecule has 1 fully saturated rings. The van der Waals surface area contributed by atoms with Crippen LogP contribution in [0.25, 0.3) is 10.9 Å². The summed E-state index contributed by atoms with van der Waals surface area (Å²) in [7, 11) is -3.69. The number of nitriles is 1. The average Bonchev–Trinajstić information content (AvgIpc) is 2.74. The molecule has 0 unspecified atom stereocenters. The summed E-state index contributed by atoms with van der Waals surface area (Å²) in [5.74, 6) is 0.717. The number of benzene rings is 2. The molecule has 4 rings (SSSR count). The van der Waals surface area contributed by atoms with E-state index in [0.717, 1.165) is 10.9 Å². The number of para-hydroxylation sites is 1. The fourth-order valence-electron chi connectivity index (χ4n) is 3.46. The van der Waals surface area contributed by atoms with Crippen molar-refractivity contribution in [1.29, 1.82) is 5.26 Å². The number of ether oxygens (including phenoxy) is 1. The second kappa shape index (κ2) is 7.58. The van der Waals surface area contributed by atoms with Crippen LogP contribution < -0.4 is 4.74 Å². The minimum absolute atomic E-state index is 0.0649. The highest BCUT2D eigenvalue weighted by Gasteiger charge is 2.31. The molecule has 1 aliphatic rings. The molecule has 1 aromatic heterocycles. The lowest BCUT2D eigenvalue weighted by Crippen LogP contribution is -2.41. The third kappa shape index (κ3) is 3.44. The first-order valence-electron chi connectivity index (χ1n) is 9.09. The number of nitrogens with zero attached hydrogens (tertiary/aromatic N) is 3. The molecule has 142 valence electrons. The van der Waals surface area contributed by atoms with Crippen molar-refractivity contribution < 1.29 is 13.2 Å². The van der Waals surface area contributed by atoms with Crippen molar-refractivity contribution in [3.63, 3.8) is 0 Å². The summed E-state index contributed by atoms with van der Waals surface area (Å²) < 4.78 is 33.4. The maximum absolute atomic E-state index is 12.9. The van der Waals surface area contributed by atoms with E-state index < -0.39 is 10.0 Å². The first-order valence-corrected chi connectivity index (χ1v) is 10.5. The van der Waals surface area contributed by atoms with Gasteiger partial charge in [0.05, 0.1) is 10.5 Å². The van der Waals surface area contributed by atoms with Crippen LogP contribution in [0, 0.1) is 11.3 Å². The molecule has 0 radical (unpaired) electrons. The molecule has 28 heavy (non-hydrogen) atoms. The second-order valence-corrected chi connectivity index (χ2v) is 8.57. The molecule has 3 aromatic rings. The first kappa shape index (κ1) is 18.4. The minimum Gasteiger partial charge on any atom is -0.488 e. The van der Waals surface area contributed by atoms with E-state index >= 15 is 0 Å². The monoisotopic (exact) mass is 393 g/mol. The first-order chi connectivity index (χ1) is 13.6. The predicted octanol–water partition coefficient (Wildman–Crippen LogP) is 3.34. The van der Waals surface area contributed by atoms with Gasteiger partial charge in [-0.1, -0.05) is 30.3 Å². The fourth-order valence-corrected chi connectivity index (χ4v) is 5.08. The van der Waals surface area contributed by atoms with Gasteiger partial charge in [-0.15, -0.1) is 0 Å². The van der Waals surface area contributed by atoms with Gasteiger partial charge in [0.15, 0.2) is 0 Å². The molecular formula is C21H19N3O3S. The largest absolute Gasteiger partial charge is 0.488 e. The van der Waals surface area contributed by atoms with Crippen LogP contribution in [0.1, 0.15) is 18.4 Å². The zero-order valence-corrected chi connectivity index (χ0v) is 16.0. The topological polar surface area (TPSA) is 83.3 Å². The molecule has 6 nitrogen and oxygen atoms in total. The summed E-state index contributed by atoms with van der Waals surface area (Å²) in [6.07, 6.45) is 2.82. The molecule has 2 aromatic carbocycles. The van der Waals surface area contributed by atoms with Gasteiger partial charge >= 0.3 is 0 Å². The Bertz CT molecular complexity index is 1140. The van der Waals surface area contributed by atoms with Crippen molar-refractivity contribution in [3.05, 3.63) is 66.4 Å². The van der Waals surface area contributed by atoms with E-state index in [1.165, 1.54) is 16.4 Å².